The van der Waals surface area contributed by atoms with Gasteiger partial charge in [0.2, 0.25) is 5.91 Å². The highest BCUT2D eigenvalue weighted by Crippen LogP contribution is 2.24. The molecule has 0 aromatic heterocycles. The van der Waals surface area contributed by atoms with Gasteiger partial charge in [-0.1, -0.05) is 19.9 Å². The van der Waals surface area contributed by atoms with Crippen molar-refractivity contribution in [2.45, 2.75) is 39.2 Å². The smallest absolute Gasteiger partial charge is 0.254 e. The van der Waals surface area contributed by atoms with Crippen LogP contribution in [-0.2, 0) is 11.2 Å². The van der Waals surface area contributed by atoms with E-state index in [0.29, 0.717) is 37.2 Å². The van der Waals surface area contributed by atoms with Crippen LogP contribution in [0.2, 0.25) is 0 Å². The van der Waals surface area contributed by atoms with Crippen molar-refractivity contribution in [1.29, 1.82) is 0 Å². The highest BCUT2D eigenvalue weighted by molar-refractivity contribution is 6.01. The molecule has 1 saturated heterocycles. The summed E-state index contributed by atoms with van der Waals surface area (Å²) in [4.78, 5) is 26.4. The number of nitrogens with zero attached hydrogens (tertiary/aromatic N) is 1. The molecule has 0 unspecified atom stereocenters. The van der Waals surface area contributed by atoms with Crippen LogP contribution in [0.1, 0.15) is 53.0 Å². The molecule has 5 nitrogen and oxygen atoms in total. The molecular weight excluding hydrogens is 280 g/mol. The van der Waals surface area contributed by atoms with E-state index in [1.165, 1.54) is 0 Å². The summed E-state index contributed by atoms with van der Waals surface area (Å²) in [6, 6.07) is 5.19. The van der Waals surface area contributed by atoms with Gasteiger partial charge in [0.15, 0.2) is 0 Å². The van der Waals surface area contributed by atoms with Gasteiger partial charge in [-0.2, -0.15) is 0 Å². The molecule has 0 bridgehead atoms. The predicted octanol–water partition coefficient (Wildman–Crippen LogP) is 1.99. The van der Waals surface area contributed by atoms with Crippen LogP contribution in [0, 0.1) is 0 Å². The quantitative estimate of drug-likeness (QED) is 0.746. The molecular formula is C17H24N2O3. The molecule has 1 atom stereocenters. The third-order valence-electron chi connectivity index (χ3n) is 3.78. The topological polar surface area (TPSA) is 75.9 Å². The maximum absolute atomic E-state index is 12.9. The number of hydrogen-bond acceptors (Lipinski definition) is 3. The number of epoxide rings is 1. The molecule has 1 aromatic rings. The zero-order valence-corrected chi connectivity index (χ0v) is 13.3. The minimum atomic E-state index is -0.497. The van der Waals surface area contributed by atoms with Crippen LogP contribution in [0.25, 0.3) is 0 Å². The molecule has 0 aliphatic carbocycles. The fourth-order valence-electron chi connectivity index (χ4n) is 2.68. The van der Waals surface area contributed by atoms with Gasteiger partial charge in [0.05, 0.1) is 12.7 Å². The Kier molecular flexibility index (Phi) is 5.55. The van der Waals surface area contributed by atoms with Crippen LogP contribution in [0.4, 0.5) is 0 Å². The van der Waals surface area contributed by atoms with Crippen molar-refractivity contribution in [1.82, 2.24) is 4.90 Å². The molecule has 1 aliphatic rings. The van der Waals surface area contributed by atoms with Crippen molar-refractivity contribution in [3.8, 4) is 0 Å². The fourth-order valence-corrected chi connectivity index (χ4v) is 2.68. The molecule has 5 heteroatoms. The highest BCUT2D eigenvalue weighted by Gasteiger charge is 2.28. The van der Waals surface area contributed by atoms with Crippen molar-refractivity contribution in [2.24, 2.45) is 5.73 Å². The Hall–Kier alpha value is -1.88. The van der Waals surface area contributed by atoms with Gasteiger partial charge in [-0.3, -0.25) is 9.59 Å². The average Bonchev–Trinajstić information content (AvgIpc) is 3.30. The van der Waals surface area contributed by atoms with E-state index in [2.05, 4.69) is 13.8 Å². The van der Waals surface area contributed by atoms with Crippen molar-refractivity contribution in [3.63, 3.8) is 0 Å². The van der Waals surface area contributed by atoms with Crippen LogP contribution in [0.5, 0.6) is 0 Å². The molecule has 1 aromatic carbocycles. The Morgan fingerprint density at radius 3 is 2.32 bits per heavy atom. The Balaban J connectivity index is 2.36. The lowest BCUT2D eigenvalue weighted by molar-refractivity contribution is 0.0754. The largest absolute Gasteiger partial charge is 0.373 e. The second-order valence-electron chi connectivity index (χ2n) is 5.65. The molecule has 1 fully saturated rings. The summed E-state index contributed by atoms with van der Waals surface area (Å²) in [6.07, 6.45) is 2.47. The summed E-state index contributed by atoms with van der Waals surface area (Å²) in [5, 5.41) is 0. The number of hydrogen-bond donors (Lipinski definition) is 1. The summed E-state index contributed by atoms with van der Waals surface area (Å²) >= 11 is 0. The first-order chi connectivity index (χ1) is 10.6. The summed E-state index contributed by atoms with van der Waals surface area (Å²) in [7, 11) is 0. The van der Waals surface area contributed by atoms with E-state index in [-0.39, 0.29) is 12.0 Å². The lowest BCUT2D eigenvalue weighted by Crippen LogP contribution is -2.33. The third-order valence-corrected chi connectivity index (χ3v) is 3.78. The Bertz CT molecular complexity index is 547. The maximum Gasteiger partial charge on any atom is 0.254 e. The van der Waals surface area contributed by atoms with Crippen molar-refractivity contribution >= 4 is 11.8 Å². The number of carbonyl (C=O) groups is 2. The standard InChI is InChI=1S/C17H24N2O3/c1-3-8-19(9-4-2)17(21)14-7-5-6-13(16(18)20)15(14)10-12-11-22-12/h5-7,12H,3-4,8-11H2,1-2H3,(H2,18,20)/t12-/m1/s1. The van der Waals surface area contributed by atoms with Gasteiger partial charge >= 0.3 is 0 Å². The van der Waals surface area contributed by atoms with Gasteiger partial charge in [0.1, 0.15) is 0 Å². The molecule has 2 amide bonds. The van der Waals surface area contributed by atoms with Gasteiger partial charge in [0.25, 0.3) is 5.91 Å². The Labute approximate surface area is 131 Å². The van der Waals surface area contributed by atoms with Gasteiger partial charge in [-0.25, -0.2) is 0 Å². The number of nitrogens with two attached hydrogens (primary N) is 1. The average molecular weight is 304 g/mol. The van der Waals surface area contributed by atoms with E-state index >= 15 is 0 Å². The van der Waals surface area contributed by atoms with Crippen LogP contribution in [0.15, 0.2) is 18.2 Å². The third kappa shape index (κ3) is 3.85. The van der Waals surface area contributed by atoms with Gasteiger partial charge in [-0.05, 0) is 30.5 Å². The monoisotopic (exact) mass is 304 g/mol. The SMILES string of the molecule is CCCN(CCC)C(=O)c1cccc(C(N)=O)c1C[C@@H]1CO1. The molecule has 120 valence electrons. The van der Waals surface area contributed by atoms with Crippen LogP contribution >= 0.6 is 0 Å². The van der Waals surface area contributed by atoms with E-state index in [1.54, 1.807) is 18.2 Å². The summed E-state index contributed by atoms with van der Waals surface area (Å²) in [5.41, 5.74) is 7.19. The molecule has 1 heterocycles. The molecule has 2 N–H and O–H groups in total. The fraction of sp³-hybridized carbons (Fsp3) is 0.529. The minimum Gasteiger partial charge on any atom is -0.373 e. The highest BCUT2D eigenvalue weighted by atomic mass is 16.6. The van der Waals surface area contributed by atoms with Gasteiger partial charge < -0.3 is 15.4 Å². The zero-order chi connectivity index (χ0) is 16.1. The van der Waals surface area contributed by atoms with E-state index in [1.807, 2.05) is 4.90 Å². The lowest BCUT2D eigenvalue weighted by Gasteiger charge is -2.23. The number of primary amides is 1. The Morgan fingerprint density at radius 1 is 1.23 bits per heavy atom. The van der Waals surface area contributed by atoms with Crippen LogP contribution in [0.3, 0.4) is 0 Å². The van der Waals surface area contributed by atoms with E-state index in [0.717, 1.165) is 18.4 Å². The van der Waals surface area contributed by atoms with E-state index in [4.69, 9.17) is 10.5 Å². The zero-order valence-electron chi connectivity index (χ0n) is 13.3. The minimum absolute atomic E-state index is 0.0255. The maximum atomic E-state index is 12.9. The summed E-state index contributed by atoms with van der Waals surface area (Å²) in [5.74, 6) is -0.523. The van der Waals surface area contributed by atoms with Crippen LogP contribution < -0.4 is 5.73 Å². The molecule has 0 spiro atoms. The normalized spacial score (nSPS) is 16.4. The Morgan fingerprint density at radius 2 is 1.82 bits per heavy atom. The predicted molar refractivity (Wildman–Crippen MR) is 84.9 cm³/mol. The number of amides is 2. The summed E-state index contributed by atoms with van der Waals surface area (Å²) < 4.78 is 5.26. The van der Waals surface area contributed by atoms with E-state index < -0.39 is 5.91 Å². The van der Waals surface area contributed by atoms with Crippen LogP contribution in [-0.4, -0.2) is 42.5 Å². The number of rotatable bonds is 8. The number of ether oxygens (including phenoxy) is 1. The van der Waals surface area contributed by atoms with Crippen molar-refractivity contribution in [2.75, 3.05) is 19.7 Å². The molecule has 0 radical (unpaired) electrons. The number of benzene rings is 1. The molecule has 2 rings (SSSR count). The van der Waals surface area contributed by atoms with E-state index in [9.17, 15) is 9.59 Å². The van der Waals surface area contributed by atoms with Crippen molar-refractivity contribution < 1.29 is 14.3 Å². The lowest BCUT2D eigenvalue weighted by atomic mass is 9.95. The first-order valence-corrected chi connectivity index (χ1v) is 7.91. The molecule has 22 heavy (non-hydrogen) atoms. The number of carbonyl (C=O) groups excluding carboxylic acids is 2. The van der Waals surface area contributed by atoms with Crippen molar-refractivity contribution in [3.05, 3.63) is 34.9 Å². The summed E-state index contributed by atoms with van der Waals surface area (Å²) in [6.45, 7) is 6.21. The second-order valence-corrected chi connectivity index (χ2v) is 5.65. The molecule has 1 aliphatic heterocycles. The van der Waals surface area contributed by atoms with Gasteiger partial charge in [0, 0.05) is 30.6 Å². The molecule has 0 saturated carbocycles. The second kappa shape index (κ2) is 7.40. The first kappa shape index (κ1) is 16.5. The first-order valence-electron chi connectivity index (χ1n) is 7.91. The van der Waals surface area contributed by atoms with Gasteiger partial charge in [-0.15, -0.1) is 0 Å².